The van der Waals surface area contributed by atoms with E-state index in [9.17, 15) is 4.79 Å². The number of Topliss-reactive ketones (excluding diaryl/α,β-unsaturated/α-hetero) is 1. The molecule has 0 N–H and O–H groups in total. The molecule has 2 aromatic carbocycles. The molecule has 0 bridgehead atoms. The molecule has 2 rings (SSSR count). The Labute approximate surface area is 116 Å². The van der Waals surface area contributed by atoms with Crippen LogP contribution in [-0.4, -0.2) is 5.78 Å². The van der Waals surface area contributed by atoms with Gasteiger partial charge in [-0.1, -0.05) is 42.3 Å². The Kier molecular flexibility index (Phi) is 4.05. The summed E-state index contributed by atoms with van der Waals surface area (Å²) in [5.74, 6) is -0.113. The maximum Gasteiger partial charge on any atom is 0.170 e. The first kappa shape index (κ1) is 13.1. The predicted molar refractivity (Wildman–Crippen MR) is 75.6 cm³/mol. The molecular weight excluding hydrogens is 267 g/mol. The Morgan fingerprint density at radius 3 is 1.83 bits per heavy atom. The van der Waals surface area contributed by atoms with E-state index < -0.39 is 0 Å². The number of benzene rings is 2. The molecule has 0 aliphatic carbocycles. The first-order valence-electron chi connectivity index (χ1n) is 5.63. The van der Waals surface area contributed by atoms with Crippen molar-refractivity contribution in [3.63, 3.8) is 0 Å². The molecular formula is C15H12Cl2O. The van der Waals surface area contributed by atoms with E-state index in [2.05, 4.69) is 0 Å². The molecule has 0 fully saturated rings. The van der Waals surface area contributed by atoms with Gasteiger partial charge in [-0.25, -0.2) is 0 Å². The Bertz CT molecular complexity index is 544. The zero-order valence-corrected chi connectivity index (χ0v) is 11.4. The minimum Gasteiger partial charge on any atom is -0.294 e. The normalized spacial score (nSPS) is 12.2. The molecule has 3 heteroatoms. The fourth-order valence-electron chi connectivity index (χ4n) is 1.77. The lowest BCUT2D eigenvalue weighted by atomic mass is 9.92. The van der Waals surface area contributed by atoms with Crippen molar-refractivity contribution >= 4 is 29.0 Å². The quantitative estimate of drug-likeness (QED) is 0.724. The van der Waals surface area contributed by atoms with Crippen LogP contribution in [0.2, 0.25) is 10.0 Å². The third-order valence-electron chi connectivity index (χ3n) is 2.89. The van der Waals surface area contributed by atoms with Gasteiger partial charge >= 0.3 is 0 Å². The average Bonchev–Trinajstić information content (AvgIpc) is 2.39. The maximum absolute atomic E-state index is 12.3. The molecule has 1 unspecified atom stereocenters. The molecule has 0 heterocycles. The first-order chi connectivity index (χ1) is 8.58. The monoisotopic (exact) mass is 278 g/mol. The number of hydrogen-bond acceptors (Lipinski definition) is 1. The summed E-state index contributed by atoms with van der Waals surface area (Å²) in [6, 6.07) is 14.3. The smallest absolute Gasteiger partial charge is 0.170 e. The zero-order chi connectivity index (χ0) is 13.1. The molecule has 1 atom stereocenters. The minimum absolute atomic E-state index is 0.0778. The summed E-state index contributed by atoms with van der Waals surface area (Å²) in [6.07, 6.45) is 0. The van der Waals surface area contributed by atoms with Gasteiger partial charge in [-0.2, -0.15) is 0 Å². The van der Waals surface area contributed by atoms with E-state index in [4.69, 9.17) is 23.2 Å². The molecule has 0 radical (unpaired) electrons. The van der Waals surface area contributed by atoms with Crippen molar-refractivity contribution in [2.45, 2.75) is 12.8 Å². The van der Waals surface area contributed by atoms with Gasteiger partial charge in [0, 0.05) is 21.5 Å². The van der Waals surface area contributed by atoms with Crippen LogP contribution < -0.4 is 0 Å². The van der Waals surface area contributed by atoms with Gasteiger partial charge in [-0.15, -0.1) is 0 Å². The van der Waals surface area contributed by atoms with E-state index in [1.807, 2.05) is 19.1 Å². The fourth-order valence-corrected chi connectivity index (χ4v) is 2.02. The molecule has 2 aromatic rings. The van der Waals surface area contributed by atoms with E-state index in [1.54, 1.807) is 36.4 Å². The Morgan fingerprint density at radius 2 is 1.33 bits per heavy atom. The standard InChI is InChI=1S/C15H12Cl2O/c1-10(11-2-6-13(16)7-3-11)15(18)12-4-8-14(17)9-5-12/h2-10H,1H3. The number of carbonyl (C=O) groups is 1. The van der Waals surface area contributed by atoms with Crippen LogP contribution in [0.15, 0.2) is 48.5 Å². The topological polar surface area (TPSA) is 17.1 Å². The SMILES string of the molecule is CC(C(=O)c1ccc(Cl)cc1)c1ccc(Cl)cc1. The van der Waals surface area contributed by atoms with Crippen molar-refractivity contribution in [3.05, 3.63) is 69.7 Å². The Morgan fingerprint density at radius 1 is 0.889 bits per heavy atom. The van der Waals surface area contributed by atoms with Gasteiger partial charge in [0.1, 0.15) is 0 Å². The number of rotatable bonds is 3. The molecule has 18 heavy (non-hydrogen) atoms. The van der Waals surface area contributed by atoms with Gasteiger partial charge in [0.15, 0.2) is 5.78 Å². The van der Waals surface area contributed by atoms with Crippen LogP contribution in [0.5, 0.6) is 0 Å². The molecule has 92 valence electrons. The van der Waals surface area contributed by atoms with Crippen LogP contribution >= 0.6 is 23.2 Å². The average molecular weight is 279 g/mol. The van der Waals surface area contributed by atoms with Crippen molar-refractivity contribution in [2.75, 3.05) is 0 Å². The molecule has 0 amide bonds. The third kappa shape index (κ3) is 2.92. The highest BCUT2D eigenvalue weighted by Gasteiger charge is 2.16. The summed E-state index contributed by atoms with van der Waals surface area (Å²) in [6.45, 7) is 1.89. The predicted octanol–water partition coefficient (Wildman–Crippen LogP) is 4.98. The second-order valence-corrected chi connectivity index (χ2v) is 5.02. The number of ketones is 1. The highest BCUT2D eigenvalue weighted by Crippen LogP contribution is 2.23. The lowest BCUT2D eigenvalue weighted by molar-refractivity contribution is 0.0966. The lowest BCUT2D eigenvalue weighted by Crippen LogP contribution is -2.09. The van der Waals surface area contributed by atoms with E-state index in [1.165, 1.54) is 0 Å². The largest absolute Gasteiger partial charge is 0.294 e. The summed E-state index contributed by atoms with van der Waals surface area (Å²) in [5.41, 5.74) is 1.63. The molecule has 0 aromatic heterocycles. The number of hydrogen-bond donors (Lipinski definition) is 0. The molecule has 0 saturated carbocycles. The summed E-state index contributed by atoms with van der Waals surface area (Å²) in [4.78, 5) is 12.3. The van der Waals surface area contributed by atoms with Crippen molar-refractivity contribution < 1.29 is 4.79 Å². The van der Waals surface area contributed by atoms with Crippen LogP contribution in [0.25, 0.3) is 0 Å². The first-order valence-corrected chi connectivity index (χ1v) is 6.39. The van der Waals surface area contributed by atoms with Crippen LogP contribution in [0, 0.1) is 0 Å². The molecule has 1 nitrogen and oxygen atoms in total. The van der Waals surface area contributed by atoms with E-state index in [0.29, 0.717) is 15.6 Å². The van der Waals surface area contributed by atoms with Crippen molar-refractivity contribution in [3.8, 4) is 0 Å². The van der Waals surface area contributed by atoms with Gasteiger partial charge in [0.2, 0.25) is 0 Å². The highest BCUT2D eigenvalue weighted by molar-refractivity contribution is 6.31. The Hall–Kier alpha value is -1.31. The molecule has 0 spiro atoms. The fraction of sp³-hybridized carbons (Fsp3) is 0.133. The van der Waals surface area contributed by atoms with Gasteiger partial charge < -0.3 is 0 Å². The summed E-state index contributed by atoms with van der Waals surface area (Å²) in [7, 11) is 0. The van der Waals surface area contributed by atoms with Crippen LogP contribution in [0.4, 0.5) is 0 Å². The van der Waals surface area contributed by atoms with E-state index in [-0.39, 0.29) is 11.7 Å². The van der Waals surface area contributed by atoms with Gasteiger partial charge in [-0.3, -0.25) is 4.79 Å². The highest BCUT2D eigenvalue weighted by atomic mass is 35.5. The second-order valence-electron chi connectivity index (χ2n) is 4.14. The summed E-state index contributed by atoms with van der Waals surface area (Å²) >= 11 is 11.6. The van der Waals surface area contributed by atoms with Gasteiger partial charge in [-0.05, 0) is 42.0 Å². The van der Waals surface area contributed by atoms with Crippen LogP contribution in [0.3, 0.4) is 0 Å². The van der Waals surface area contributed by atoms with Crippen molar-refractivity contribution in [1.82, 2.24) is 0 Å². The molecule has 0 saturated heterocycles. The maximum atomic E-state index is 12.3. The van der Waals surface area contributed by atoms with Gasteiger partial charge in [0.25, 0.3) is 0 Å². The summed E-state index contributed by atoms with van der Waals surface area (Å²) in [5, 5.41) is 1.30. The molecule has 0 aliphatic heterocycles. The minimum atomic E-state index is -0.191. The number of halogens is 2. The van der Waals surface area contributed by atoms with Gasteiger partial charge in [0.05, 0.1) is 0 Å². The van der Waals surface area contributed by atoms with Crippen molar-refractivity contribution in [1.29, 1.82) is 0 Å². The second kappa shape index (κ2) is 5.55. The van der Waals surface area contributed by atoms with Crippen LogP contribution in [0.1, 0.15) is 28.8 Å². The molecule has 0 aliphatic rings. The van der Waals surface area contributed by atoms with Crippen molar-refractivity contribution in [2.24, 2.45) is 0 Å². The Balaban J connectivity index is 2.23. The summed E-state index contributed by atoms with van der Waals surface area (Å²) < 4.78 is 0. The zero-order valence-electron chi connectivity index (χ0n) is 9.86. The van der Waals surface area contributed by atoms with E-state index >= 15 is 0 Å². The third-order valence-corrected chi connectivity index (χ3v) is 3.40. The lowest BCUT2D eigenvalue weighted by Gasteiger charge is -2.11. The number of carbonyl (C=O) groups excluding carboxylic acids is 1. The van der Waals surface area contributed by atoms with E-state index in [0.717, 1.165) is 5.56 Å². The van der Waals surface area contributed by atoms with Crippen LogP contribution in [-0.2, 0) is 0 Å².